The second-order valence-corrected chi connectivity index (χ2v) is 8.81. The Labute approximate surface area is 177 Å². The maximum atomic E-state index is 13.5. The Bertz CT molecular complexity index is 1100. The Balaban J connectivity index is 1.69. The van der Waals surface area contributed by atoms with Gasteiger partial charge in [0.05, 0.1) is 10.9 Å². The lowest BCUT2D eigenvalue weighted by Gasteiger charge is -2.35. The van der Waals surface area contributed by atoms with Crippen molar-refractivity contribution >= 4 is 16.9 Å². The zero-order chi connectivity index (χ0) is 21.9. The number of ether oxygens (including phenoxy) is 1. The molecule has 166 valence electrons. The molecule has 7 nitrogen and oxygen atoms in total. The summed E-state index contributed by atoms with van der Waals surface area (Å²) in [5.74, 6) is -1.32. The molecule has 3 unspecified atom stereocenters. The van der Waals surface area contributed by atoms with Crippen LogP contribution in [0.2, 0.25) is 0 Å². The molecule has 0 spiro atoms. The average Bonchev–Trinajstić information content (AvgIpc) is 3.46. The SMILES string of the molecule is CC1NCCN2CC(c3ccc4c(=O)c(C(=O)O)cn(C5CC5)c4c3OC(F)F)CC12. The molecule has 0 bridgehead atoms. The highest BCUT2D eigenvalue weighted by Gasteiger charge is 2.40. The Morgan fingerprint density at radius 3 is 2.74 bits per heavy atom. The number of carboxylic acid groups (broad SMARTS) is 1. The molecule has 1 saturated carbocycles. The van der Waals surface area contributed by atoms with E-state index < -0.39 is 18.0 Å². The van der Waals surface area contributed by atoms with E-state index in [1.54, 1.807) is 16.7 Å². The predicted molar refractivity (Wildman–Crippen MR) is 110 cm³/mol. The standard InChI is InChI=1S/C22H25F2N3O4/c1-11-17-8-12(9-26(17)7-6-25-11)14-4-5-15-18(20(14)31-22(23)24)27(13-2-3-13)10-16(19(15)28)21(29)30/h4-5,10-13,17,22,25H,2-3,6-9H2,1H3,(H,29,30). The minimum Gasteiger partial charge on any atom is -0.477 e. The number of hydrogen-bond donors (Lipinski definition) is 2. The van der Waals surface area contributed by atoms with Gasteiger partial charge in [0.25, 0.3) is 0 Å². The number of benzene rings is 1. The van der Waals surface area contributed by atoms with Crippen LogP contribution in [0.1, 0.15) is 54.1 Å². The molecule has 2 aliphatic heterocycles. The van der Waals surface area contributed by atoms with Gasteiger partial charge < -0.3 is 19.7 Å². The minimum absolute atomic E-state index is 0.00703. The van der Waals surface area contributed by atoms with Gasteiger partial charge in [-0.05, 0) is 32.3 Å². The first-order valence-electron chi connectivity index (χ1n) is 10.7. The van der Waals surface area contributed by atoms with Crippen molar-refractivity contribution < 1.29 is 23.4 Å². The lowest BCUT2D eigenvalue weighted by atomic mass is 9.92. The van der Waals surface area contributed by atoms with Crippen LogP contribution in [0.3, 0.4) is 0 Å². The quantitative estimate of drug-likeness (QED) is 0.755. The average molecular weight is 433 g/mol. The molecule has 3 fully saturated rings. The molecular formula is C22H25F2N3O4. The first kappa shape index (κ1) is 20.4. The van der Waals surface area contributed by atoms with Crippen LogP contribution in [-0.4, -0.2) is 58.9 Å². The highest BCUT2D eigenvalue weighted by Crippen LogP contribution is 2.44. The van der Waals surface area contributed by atoms with Gasteiger partial charge in [0.15, 0.2) is 5.75 Å². The fourth-order valence-corrected chi connectivity index (χ4v) is 5.27. The highest BCUT2D eigenvalue weighted by molar-refractivity contribution is 5.95. The number of halogens is 2. The third kappa shape index (κ3) is 3.49. The zero-order valence-corrected chi connectivity index (χ0v) is 17.2. The van der Waals surface area contributed by atoms with E-state index in [-0.39, 0.29) is 34.2 Å². The minimum atomic E-state index is -3.05. The number of piperazine rings is 1. The third-order valence-corrected chi connectivity index (χ3v) is 6.89. The molecule has 3 heterocycles. The molecule has 3 atom stereocenters. The summed E-state index contributed by atoms with van der Waals surface area (Å²) >= 11 is 0. The van der Waals surface area contributed by atoms with E-state index in [0.717, 1.165) is 38.9 Å². The Hall–Kier alpha value is -2.52. The smallest absolute Gasteiger partial charge is 0.387 e. The van der Waals surface area contributed by atoms with Crippen molar-refractivity contribution in [3.63, 3.8) is 0 Å². The molecule has 2 aromatic rings. The van der Waals surface area contributed by atoms with Gasteiger partial charge in [-0.2, -0.15) is 8.78 Å². The first-order chi connectivity index (χ1) is 14.8. The largest absolute Gasteiger partial charge is 0.477 e. The lowest BCUT2D eigenvalue weighted by molar-refractivity contribution is -0.0498. The van der Waals surface area contributed by atoms with E-state index in [2.05, 4.69) is 17.1 Å². The number of pyridine rings is 1. The predicted octanol–water partition coefficient (Wildman–Crippen LogP) is 2.79. The maximum Gasteiger partial charge on any atom is 0.387 e. The first-order valence-corrected chi connectivity index (χ1v) is 10.7. The van der Waals surface area contributed by atoms with Crippen LogP contribution in [0.15, 0.2) is 23.1 Å². The van der Waals surface area contributed by atoms with Gasteiger partial charge in [-0.3, -0.25) is 9.69 Å². The number of aromatic carboxylic acids is 1. The molecule has 0 amide bonds. The van der Waals surface area contributed by atoms with Crippen LogP contribution < -0.4 is 15.5 Å². The molecule has 1 aliphatic carbocycles. The normalized spacial score (nSPS) is 26.4. The summed E-state index contributed by atoms with van der Waals surface area (Å²) in [6.45, 7) is 1.62. The van der Waals surface area contributed by atoms with Crippen LogP contribution in [0.25, 0.3) is 10.9 Å². The summed E-state index contributed by atoms with van der Waals surface area (Å²) in [5.41, 5.74) is -0.0857. The number of aromatic nitrogens is 1. The van der Waals surface area contributed by atoms with Crippen molar-refractivity contribution in [1.82, 2.24) is 14.8 Å². The molecule has 5 rings (SSSR count). The fourth-order valence-electron chi connectivity index (χ4n) is 5.27. The van der Waals surface area contributed by atoms with Gasteiger partial charge in [0.1, 0.15) is 5.56 Å². The molecular weight excluding hydrogens is 408 g/mol. The summed E-state index contributed by atoms with van der Waals surface area (Å²) in [5, 5.41) is 13.0. The monoisotopic (exact) mass is 433 g/mol. The third-order valence-electron chi connectivity index (χ3n) is 6.89. The van der Waals surface area contributed by atoms with Crippen molar-refractivity contribution in [2.24, 2.45) is 0 Å². The second kappa shape index (κ2) is 7.56. The Morgan fingerprint density at radius 2 is 2.10 bits per heavy atom. The van der Waals surface area contributed by atoms with E-state index in [9.17, 15) is 23.5 Å². The van der Waals surface area contributed by atoms with E-state index >= 15 is 0 Å². The zero-order valence-electron chi connectivity index (χ0n) is 17.2. The van der Waals surface area contributed by atoms with Crippen molar-refractivity contribution in [1.29, 1.82) is 0 Å². The molecule has 2 N–H and O–H groups in total. The van der Waals surface area contributed by atoms with Gasteiger partial charge in [-0.25, -0.2) is 4.79 Å². The van der Waals surface area contributed by atoms with Crippen LogP contribution in [0.5, 0.6) is 5.75 Å². The summed E-state index contributed by atoms with van der Waals surface area (Å²) in [4.78, 5) is 26.8. The summed E-state index contributed by atoms with van der Waals surface area (Å²) in [6, 6.07) is 3.85. The van der Waals surface area contributed by atoms with Crippen molar-refractivity contribution in [3.8, 4) is 5.75 Å². The number of hydrogen-bond acceptors (Lipinski definition) is 5. The Morgan fingerprint density at radius 1 is 1.32 bits per heavy atom. The van der Waals surface area contributed by atoms with Gasteiger partial charge in [0, 0.05) is 55.4 Å². The van der Waals surface area contributed by atoms with Gasteiger partial charge >= 0.3 is 12.6 Å². The molecule has 9 heteroatoms. The molecule has 0 radical (unpaired) electrons. The van der Waals surface area contributed by atoms with Crippen LogP contribution >= 0.6 is 0 Å². The van der Waals surface area contributed by atoms with E-state index in [4.69, 9.17) is 4.74 Å². The van der Waals surface area contributed by atoms with E-state index in [1.165, 1.54) is 6.20 Å². The molecule has 2 saturated heterocycles. The maximum absolute atomic E-state index is 13.5. The van der Waals surface area contributed by atoms with Gasteiger partial charge in [0.2, 0.25) is 5.43 Å². The number of nitrogens with zero attached hydrogens (tertiary/aromatic N) is 2. The molecule has 1 aromatic heterocycles. The number of carbonyl (C=O) groups is 1. The van der Waals surface area contributed by atoms with E-state index in [0.29, 0.717) is 17.6 Å². The number of carboxylic acids is 1. The number of alkyl halides is 2. The number of nitrogens with one attached hydrogen (secondary N) is 1. The van der Waals surface area contributed by atoms with Gasteiger partial charge in [-0.15, -0.1) is 0 Å². The lowest BCUT2D eigenvalue weighted by Crippen LogP contribution is -2.53. The van der Waals surface area contributed by atoms with Crippen molar-refractivity contribution in [3.05, 3.63) is 39.7 Å². The summed E-state index contributed by atoms with van der Waals surface area (Å²) in [7, 11) is 0. The van der Waals surface area contributed by atoms with Gasteiger partial charge in [-0.1, -0.05) is 6.07 Å². The van der Waals surface area contributed by atoms with Crippen LogP contribution in [0, 0.1) is 0 Å². The molecule has 3 aliphatic rings. The fraction of sp³-hybridized carbons (Fsp3) is 0.545. The Kier molecular flexibility index (Phi) is 4.97. The van der Waals surface area contributed by atoms with Crippen molar-refractivity contribution in [2.45, 2.75) is 56.8 Å². The molecule has 1 aromatic carbocycles. The highest BCUT2D eigenvalue weighted by atomic mass is 19.3. The summed E-state index contributed by atoms with van der Waals surface area (Å²) in [6.07, 6.45) is 3.70. The summed E-state index contributed by atoms with van der Waals surface area (Å²) < 4.78 is 33.7. The number of rotatable bonds is 5. The van der Waals surface area contributed by atoms with E-state index in [1.807, 2.05) is 0 Å². The second-order valence-electron chi connectivity index (χ2n) is 8.81. The van der Waals surface area contributed by atoms with Crippen LogP contribution in [0.4, 0.5) is 8.78 Å². The van der Waals surface area contributed by atoms with Crippen molar-refractivity contribution in [2.75, 3.05) is 19.6 Å². The number of fused-ring (bicyclic) bond motifs is 2. The topological polar surface area (TPSA) is 83.8 Å². The van der Waals surface area contributed by atoms with Crippen LogP contribution in [-0.2, 0) is 0 Å². The molecule has 31 heavy (non-hydrogen) atoms.